The summed E-state index contributed by atoms with van der Waals surface area (Å²) in [5.41, 5.74) is 7.13. The summed E-state index contributed by atoms with van der Waals surface area (Å²) in [5.74, 6) is 0.786. The van der Waals surface area contributed by atoms with Crippen LogP contribution in [0.15, 0.2) is 35.8 Å². The Bertz CT molecular complexity index is 385. The molecule has 0 saturated heterocycles. The highest BCUT2D eigenvalue weighted by Gasteiger charge is 2.14. The van der Waals surface area contributed by atoms with Crippen molar-refractivity contribution in [3.05, 3.63) is 30.9 Å². The number of nitrogens with two attached hydrogens (primary N) is 1. The number of ether oxygens (including phenoxy) is 1. The number of fused-ring (bicyclic) bond motifs is 1. The molecule has 1 aliphatic heterocycles. The lowest BCUT2D eigenvalue weighted by Gasteiger charge is -2.19. The number of hydrogen-bond acceptors (Lipinski definition) is 3. The Labute approximate surface area is 82.9 Å². The van der Waals surface area contributed by atoms with Crippen molar-refractivity contribution in [2.75, 3.05) is 5.73 Å². The van der Waals surface area contributed by atoms with Crippen LogP contribution in [0.3, 0.4) is 0 Å². The van der Waals surface area contributed by atoms with Crippen LogP contribution in [0.25, 0.3) is 0 Å². The molecule has 1 atom stereocenters. The summed E-state index contributed by atoms with van der Waals surface area (Å²) in [5, 5.41) is 0. The molecule has 1 aliphatic rings. The summed E-state index contributed by atoms with van der Waals surface area (Å²) in [6.07, 6.45) is 4.37. The van der Waals surface area contributed by atoms with E-state index >= 15 is 0 Å². The summed E-state index contributed by atoms with van der Waals surface area (Å²) >= 11 is 0. The maximum Gasteiger partial charge on any atom is 0.146 e. The minimum atomic E-state index is 0.00336. The number of hydrogen-bond donors (Lipinski definition) is 1. The summed E-state index contributed by atoms with van der Waals surface area (Å²) in [7, 11) is 0. The second-order valence-electron chi connectivity index (χ2n) is 3.19. The molecule has 0 aromatic heterocycles. The van der Waals surface area contributed by atoms with Crippen molar-refractivity contribution < 1.29 is 4.74 Å². The van der Waals surface area contributed by atoms with E-state index in [1.807, 2.05) is 18.2 Å². The number of aliphatic imine (C=N–C) groups is 1. The Balaban J connectivity index is 2.26. The van der Waals surface area contributed by atoms with Crippen molar-refractivity contribution in [3.8, 4) is 5.75 Å². The summed E-state index contributed by atoms with van der Waals surface area (Å²) in [6, 6.07) is 5.46. The fourth-order valence-electron chi connectivity index (χ4n) is 1.37. The molecule has 1 heterocycles. The van der Waals surface area contributed by atoms with Crippen LogP contribution in [0.2, 0.25) is 0 Å². The predicted molar refractivity (Wildman–Crippen MR) is 58.2 cm³/mol. The third-order valence-electron chi connectivity index (χ3n) is 2.04. The molecular formula is C11H12N2O. The first-order valence-corrected chi connectivity index (χ1v) is 4.51. The largest absolute Gasteiger partial charge is 0.482 e. The van der Waals surface area contributed by atoms with Gasteiger partial charge in [0.15, 0.2) is 0 Å². The van der Waals surface area contributed by atoms with Crippen molar-refractivity contribution in [3.63, 3.8) is 0 Å². The van der Waals surface area contributed by atoms with Gasteiger partial charge in [0.05, 0.1) is 0 Å². The van der Waals surface area contributed by atoms with Gasteiger partial charge in [-0.1, -0.05) is 6.08 Å². The fraction of sp³-hybridized carbons (Fsp3) is 0.182. The minimum Gasteiger partial charge on any atom is -0.482 e. The smallest absolute Gasteiger partial charge is 0.146 e. The summed E-state index contributed by atoms with van der Waals surface area (Å²) < 4.78 is 5.65. The quantitative estimate of drug-likeness (QED) is 0.571. The molecule has 0 radical (unpaired) electrons. The van der Waals surface area contributed by atoms with Gasteiger partial charge < -0.3 is 10.5 Å². The Morgan fingerprint density at radius 2 is 2.43 bits per heavy atom. The molecule has 14 heavy (non-hydrogen) atoms. The van der Waals surface area contributed by atoms with Crippen molar-refractivity contribution in [2.45, 2.75) is 12.5 Å². The lowest BCUT2D eigenvalue weighted by atomic mass is 10.2. The van der Waals surface area contributed by atoms with Gasteiger partial charge in [0.1, 0.15) is 17.5 Å². The fourth-order valence-corrected chi connectivity index (χ4v) is 1.37. The van der Waals surface area contributed by atoms with E-state index in [2.05, 4.69) is 11.6 Å². The van der Waals surface area contributed by atoms with Gasteiger partial charge in [-0.3, -0.25) is 4.99 Å². The van der Waals surface area contributed by atoms with Crippen LogP contribution in [0.1, 0.15) is 6.42 Å². The Kier molecular flexibility index (Phi) is 2.23. The number of anilines is 1. The van der Waals surface area contributed by atoms with Gasteiger partial charge in [-0.2, -0.15) is 0 Å². The average molecular weight is 188 g/mol. The molecule has 1 unspecified atom stereocenters. The second-order valence-corrected chi connectivity index (χ2v) is 3.19. The van der Waals surface area contributed by atoms with E-state index in [1.165, 1.54) is 0 Å². The van der Waals surface area contributed by atoms with E-state index in [4.69, 9.17) is 10.5 Å². The molecule has 0 aliphatic carbocycles. The van der Waals surface area contributed by atoms with Crippen molar-refractivity contribution >= 4 is 17.6 Å². The van der Waals surface area contributed by atoms with E-state index in [0.29, 0.717) is 5.69 Å². The molecule has 0 bridgehead atoms. The summed E-state index contributed by atoms with van der Waals surface area (Å²) in [6.45, 7) is 3.66. The molecule has 0 spiro atoms. The van der Waals surface area contributed by atoms with Gasteiger partial charge in [-0.15, -0.1) is 6.58 Å². The van der Waals surface area contributed by atoms with Crippen LogP contribution in [-0.4, -0.2) is 12.3 Å². The van der Waals surface area contributed by atoms with Gasteiger partial charge in [-0.05, 0) is 18.2 Å². The van der Waals surface area contributed by atoms with E-state index in [1.54, 1.807) is 12.3 Å². The van der Waals surface area contributed by atoms with Gasteiger partial charge in [0.2, 0.25) is 0 Å². The zero-order valence-corrected chi connectivity index (χ0v) is 7.81. The third kappa shape index (κ3) is 1.62. The Hall–Kier alpha value is -1.77. The lowest BCUT2D eigenvalue weighted by molar-refractivity contribution is 0.272. The first-order valence-electron chi connectivity index (χ1n) is 4.51. The van der Waals surface area contributed by atoms with E-state index in [0.717, 1.165) is 17.9 Å². The highest BCUT2D eigenvalue weighted by atomic mass is 16.5. The van der Waals surface area contributed by atoms with E-state index in [9.17, 15) is 0 Å². The maximum absolute atomic E-state index is 5.65. The van der Waals surface area contributed by atoms with Crippen LogP contribution in [0, 0.1) is 0 Å². The van der Waals surface area contributed by atoms with Gasteiger partial charge in [-0.25, -0.2) is 0 Å². The van der Waals surface area contributed by atoms with Crippen LogP contribution in [0.5, 0.6) is 5.75 Å². The Morgan fingerprint density at radius 3 is 3.21 bits per heavy atom. The maximum atomic E-state index is 5.65. The molecular weight excluding hydrogens is 176 g/mol. The molecule has 3 nitrogen and oxygen atoms in total. The van der Waals surface area contributed by atoms with Gasteiger partial charge in [0.25, 0.3) is 0 Å². The molecule has 0 saturated carbocycles. The molecule has 72 valence electrons. The zero-order valence-electron chi connectivity index (χ0n) is 7.81. The normalized spacial score (nSPS) is 18.4. The van der Waals surface area contributed by atoms with Crippen molar-refractivity contribution in [1.29, 1.82) is 0 Å². The number of benzene rings is 1. The number of nitrogen functional groups attached to an aromatic ring is 1. The predicted octanol–water partition coefficient (Wildman–Crippen LogP) is 2.31. The minimum absolute atomic E-state index is 0.00336. The van der Waals surface area contributed by atoms with E-state index < -0.39 is 0 Å². The van der Waals surface area contributed by atoms with Gasteiger partial charge >= 0.3 is 0 Å². The van der Waals surface area contributed by atoms with Crippen LogP contribution in [-0.2, 0) is 0 Å². The highest BCUT2D eigenvalue weighted by molar-refractivity contribution is 5.75. The zero-order chi connectivity index (χ0) is 9.97. The topological polar surface area (TPSA) is 47.6 Å². The first-order chi connectivity index (χ1) is 6.79. The van der Waals surface area contributed by atoms with Crippen molar-refractivity contribution in [2.24, 2.45) is 4.99 Å². The average Bonchev–Trinajstić information content (AvgIpc) is 2.19. The molecule has 0 fully saturated rings. The summed E-state index contributed by atoms with van der Waals surface area (Å²) in [4.78, 5) is 4.28. The molecule has 1 aromatic rings. The standard InChI is InChI=1S/C11H12N2O/c1-2-3-9-7-13-10-6-8(12)4-5-11(10)14-9/h2,4-7,9H,1,3,12H2. The monoisotopic (exact) mass is 188 g/mol. The molecule has 1 aromatic carbocycles. The highest BCUT2D eigenvalue weighted by Crippen LogP contribution is 2.33. The SMILES string of the molecule is C=CCC1C=Nc2cc(N)ccc2O1. The molecule has 2 rings (SSSR count). The first kappa shape index (κ1) is 8.81. The Morgan fingerprint density at radius 1 is 1.57 bits per heavy atom. The van der Waals surface area contributed by atoms with E-state index in [-0.39, 0.29) is 6.10 Å². The van der Waals surface area contributed by atoms with Crippen LogP contribution in [0.4, 0.5) is 11.4 Å². The van der Waals surface area contributed by atoms with Gasteiger partial charge in [0, 0.05) is 18.3 Å². The van der Waals surface area contributed by atoms with Crippen LogP contribution >= 0.6 is 0 Å². The second kappa shape index (κ2) is 3.54. The van der Waals surface area contributed by atoms with Crippen LogP contribution < -0.4 is 10.5 Å². The lowest BCUT2D eigenvalue weighted by Crippen LogP contribution is -2.19. The third-order valence-corrected chi connectivity index (χ3v) is 2.04. The number of nitrogens with zero attached hydrogens (tertiary/aromatic N) is 1. The van der Waals surface area contributed by atoms with Crippen molar-refractivity contribution in [1.82, 2.24) is 0 Å². The number of rotatable bonds is 2. The molecule has 3 heteroatoms. The molecule has 2 N–H and O–H groups in total. The molecule has 0 amide bonds.